The molecule has 0 unspecified atom stereocenters. The monoisotopic (exact) mass is 341 g/mol. The first-order valence-electron chi connectivity index (χ1n) is 6.90. The molecule has 3 rings (SSSR count). The second-order valence-corrected chi connectivity index (χ2v) is 6.28. The van der Waals surface area contributed by atoms with Gasteiger partial charge in [-0.15, -0.1) is 0 Å². The number of nitrogens with zero attached hydrogens (tertiary/aromatic N) is 3. The Morgan fingerprint density at radius 3 is 2.83 bits per heavy atom. The van der Waals surface area contributed by atoms with Gasteiger partial charge in [-0.05, 0) is 36.8 Å². The van der Waals surface area contributed by atoms with Gasteiger partial charge in [0.1, 0.15) is 0 Å². The fraction of sp³-hybridized carbons (Fsp3) is 0.118. The van der Waals surface area contributed by atoms with E-state index in [1.165, 1.54) is 16.3 Å². The number of fused-ring (bicyclic) bond motifs is 1. The second kappa shape index (κ2) is 6.45. The zero-order valence-electron chi connectivity index (χ0n) is 12.3. The number of halogens is 1. The van der Waals surface area contributed by atoms with E-state index in [4.69, 9.17) is 16.9 Å². The van der Waals surface area contributed by atoms with E-state index in [0.29, 0.717) is 26.8 Å². The van der Waals surface area contributed by atoms with Crippen LogP contribution in [0, 0.1) is 18.3 Å². The normalized spacial score (nSPS) is 10.7. The predicted octanol–water partition coefficient (Wildman–Crippen LogP) is 3.96. The predicted molar refractivity (Wildman–Crippen MR) is 93.4 cm³/mol. The van der Waals surface area contributed by atoms with Crippen molar-refractivity contribution in [3.63, 3.8) is 0 Å². The van der Waals surface area contributed by atoms with E-state index in [2.05, 4.69) is 11.1 Å². The summed E-state index contributed by atoms with van der Waals surface area (Å²) >= 11 is 7.42. The number of nitriles is 1. The highest BCUT2D eigenvalue weighted by Crippen LogP contribution is 2.24. The summed E-state index contributed by atoms with van der Waals surface area (Å²) in [5, 5.41) is 10.4. The summed E-state index contributed by atoms with van der Waals surface area (Å²) < 4.78 is 1.51. The van der Waals surface area contributed by atoms with Gasteiger partial charge in [-0.3, -0.25) is 9.36 Å². The molecular weight excluding hydrogens is 330 g/mol. The minimum absolute atomic E-state index is 0.170. The molecule has 23 heavy (non-hydrogen) atoms. The van der Waals surface area contributed by atoms with Gasteiger partial charge >= 0.3 is 0 Å². The van der Waals surface area contributed by atoms with E-state index >= 15 is 0 Å². The Morgan fingerprint density at radius 1 is 1.30 bits per heavy atom. The smallest absolute Gasteiger partial charge is 0.266 e. The minimum Gasteiger partial charge on any atom is -0.268 e. The van der Waals surface area contributed by atoms with Crippen molar-refractivity contribution in [2.75, 3.05) is 5.75 Å². The van der Waals surface area contributed by atoms with Gasteiger partial charge < -0.3 is 0 Å². The Labute approximate surface area is 142 Å². The van der Waals surface area contributed by atoms with Crippen LogP contribution in [0.25, 0.3) is 16.6 Å². The van der Waals surface area contributed by atoms with Crippen molar-refractivity contribution < 1.29 is 0 Å². The van der Waals surface area contributed by atoms with Gasteiger partial charge in [0.2, 0.25) is 0 Å². The number of hydrogen-bond donors (Lipinski definition) is 0. The lowest BCUT2D eigenvalue weighted by atomic mass is 10.2. The first-order chi connectivity index (χ1) is 11.1. The van der Waals surface area contributed by atoms with Gasteiger partial charge in [0.15, 0.2) is 5.16 Å². The molecule has 1 aromatic heterocycles. The topological polar surface area (TPSA) is 58.7 Å². The van der Waals surface area contributed by atoms with Crippen LogP contribution in [-0.4, -0.2) is 15.3 Å². The van der Waals surface area contributed by atoms with Crippen LogP contribution in [0.3, 0.4) is 0 Å². The van der Waals surface area contributed by atoms with Crippen molar-refractivity contribution >= 4 is 34.3 Å². The highest BCUT2D eigenvalue weighted by atomic mass is 35.5. The lowest BCUT2D eigenvalue weighted by Gasteiger charge is -2.13. The lowest BCUT2D eigenvalue weighted by molar-refractivity contribution is 0.820. The van der Waals surface area contributed by atoms with Crippen LogP contribution < -0.4 is 5.56 Å². The quantitative estimate of drug-likeness (QED) is 0.534. The standard InChI is InChI=1S/C17H12ClN3OS/c1-11-6-7-12(10-14(11)18)21-16(22)13-4-2-3-5-15(13)20-17(21)23-9-8-19/h2-7,10H,9H2,1H3. The zero-order valence-corrected chi connectivity index (χ0v) is 13.9. The highest BCUT2D eigenvalue weighted by molar-refractivity contribution is 7.99. The molecule has 0 spiro atoms. The van der Waals surface area contributed by atoms with E-state index < -0.39 is 0 Å². The summed E-state index contributed by atoms with van der Waals surface area (Å²) in [6, 6.07) is 14.7. The van der Waals surface area contributed by atoms with Gasteiger partial charge in [-0.1, -0.05) is 41.6 Å². The summed E-state index contributed by atoms with van der Waals surface area (Å²) in [5.41, 5.74) is 2.02. The summed E-state index contributed by atoms with van der Waals surface area (Å²) in [4.78, 5) is 17.4. The van der Waals surface area contributed by atoms with Crippen LogP contribution in [0.4, 0.5) is 0 Å². The molecule has 0 saturated carbocycles. The maximum atomic E-state index is 12.9. The Morgan fingerprint density at radius 2 is 2.09 bits per heavy atom. The van der Waals surface area contributed by atoms with Gasteiger partial charge in [-0.2, -0.15) is 5.26 Å². The average Bonchev–Trinajstić information content (AvgIpc) is 2.56. The Hall–Kier alpha value is -2.29. The van der Waals surface area contributed by atoms with Crippen molar-refractivity contribution in [3.8, 4) is 11.8 Å². The largest absolute Gasteiger partial charge is 0.268 e. The second-order valence-electron chi connectivity index (χ2n) is 4.93. The first kappa shape index (κ1) is 15.6. The molecule has 4 nitrogen and oxygen atoms in total. The van der Waals surface area contributed by atoms with Crippen molar-refractivity contribution in [1.82, 2.24) is 9.55 Å². The number of aromatic nitrogens is 2. The van der Waals surface area contributed by atoms with Gasteiger partial charge in [0.25, 0.3) is 5.56 Å². The molecule has 0 atom stereocenters. The number of aryl methyl sites for hydroxylation is 1. The van der Waals surface area contributed by atoms with Gasteiger partial charge in [0.05, 0.1) is 28.4 Å². The number of para-hydroxylation sites is 1. The molecule has 0 aliphatic carbocycles. The molecule has 0 saturated heterocycles. The van der Waals surface area contributed by atoms with Crippen LogP contribution in [0.1, 0.15) is 5.56 Å². The van der Waals surface area contributed by atoms with Crippen molar-refractivity contribution in [1.29, 1.82) is 5.26 Å². The third-order valence-electron chi connectivity index (χ3n) is 3.42. The number of rotatable bonds is 3. The van der Waals surface area contributed by atoms with Crippen LogP contribution >= 0.6 is 23.4 Å². The summed E-state index contributed by atoms with van der Waals surface area (Å²) in [6.07, 6.45) is 0. The maximum absolute atomic E-state index is 12.9. The molecular formula is C17H12ClN3OS. The van der Waals surface area contributed by atoms with Crippen LogP contribution in [0.15, 0.2) is 52.4 Å². The van der Waals surface area contributed by atoms with Crippen LogP contribution in [-0.2, 0) is 0 Å². The first-order valence-corrected chi connectivity index (χ1v) is 8.26. The molecule has 2 aromatic carbocycles. The molecule has 0 radical (unpaired) electrons. The Balaban J connectivity index is 2.32. The SMILES string of the molecule is Cc1ccc(-n2c(SCC#N)nc3ccccc3c2=O)cc1Cl. The lowest BCUT2D eigenvalue weighted by Crippen LogP contribution is -2.21. The average molecular weight is 342 g/mol. The van der Waals surface area contributed by atoms with E-state index in [1.54, 1.807) is 24.3 Å². The van der Waals surface area contributed by atoms with Gasteiger partial charge in [-0.25, -0.2) is 4.98 Å². The van der Waals surface area contributed by atoms with E-state index in [1.807, 2.05) is 25.1 Å². The molecule has 0 fully saturated rings. The summed E-state index contributed by atoms with van der Waals surface area (Å²) in [6.45, 7) is 1.90. The van der Waals surface area contributed by atoms with E-state index in [-0.39, 0.29) is 11.3 Å². The molecule has 3 aromatic rings. The zero-order chi connectivity index (χ0) is 16.4. The third-order valence-corrected chi connectivity index (χ3v) is 4.64. The number of benzene rings is 2. The summed E-state index contributed by atoms with van der Waals surface area (Å²) in [7, 11) is 0. The van der Waals surface area contributed by atoms with Crippen LogP contribution in [0.2, 0.25) is 5.02 Å². The molecule has 114 valence electrons. The van der Waals surface area contributed by atoms with E-state index in [9.17, 15) is 4.79 Å². The minimum atomic E-state index is -0.170. The van der Waals surface area contributed by atoms with Crippen molar-refractivity contribution in [3.05, 3.63) is 63.4 Å². The molecule has 0 aliphatic rings. The fourth-order valence-electron chi connectivity index (χ4n) is 2.25. The number of thioether (sulfide) groups is 1. The van der Waals surface area contributed by atoms with Crippen molar-refractivity contribution in [2.45, 2.75) is 12.1 Å². The Kier molecular flexibility index (Phi) is 4.37. The molecule has 6 heteroatoms. The third kappa shape index (κ3) is 2.96. The molecule has 0 bridgehead atoms. The Bertz CT molecular complexity index is 991. The highest BCUT2D eigenvalue weighted by Gasteiger charge is 2.13. The fourth-order valence-corrected chi connectivity index (χ4v) is 3.10. The van der Waals surface area contributed by atoms with Crippen molar-refractivity contribution in [2.24, 2.45) is 0 Å². The van der Waals surface area contributed by atoms with Crippen LogP contribution in [0.5, 0.6) is 0 Å². The summed E-state index contributed by atoms with van der Waals surface area (Å²) in [5.74, 6) is 0.213. The molecule has 0 amide bonds. The molecule has 1 heterocycles. The molecule has 0 N–H and O–H groups in total. The van der Waals surface area contributed by atoms with E-state index in [0.717, 1.165) is 5.56 Å². The molecule has 0 aliphatic heterocycles. The number of hydrogen-bond acceptors (Lipinski definition) is 4. The maximum Gasteiger partial charge on any atom is 0.266 e. The van der Waals surface area contributed by atoms with Gasteiger partial charge in [0, 0.05) is 5.02 Å².